The van der Waals surface area contributed by atoms with Crippen LogP contribution in [-0.4, -0.2) is 23.9 Å². The number of carbonyl (C=O) groups is 2. The lowest BCUT2D eigenvalue weighted by Gasteiger charge is -2.27. The molecule has 6 heteroatoms. The third kappa shape index (κ3) is 4.81. The molecule has 0 aliphatic carbocycles. The van der Waals surface area contributed by atoms with E-state index < -0.39 is 6.04 Å². The molecule has 0 aromatic heterocycles. The van der Waals surface area contributed by atoms with Crippen molar-refractivity contribution in [3.05, 3.63) is 65.5 Å². The summed E-state index contributed by atoms with van der Waals surface area (Å²) in [6.07, 6.45) is 0. The van der Waals surface area contributed by atoms with Crippen LogP contribution in [0.2, 0.25) is 0 Å². The van der Waals surface area contributed by atoms with Crippen molar-refractivity contribution < 1.29 is 14.0 Å². The Balaban J connectivity index is 2.06. The average molecular weight is 357 g/mol. The highest BCUT2D eigenvalue weighted by Gasteiger charge is 2.21. The molecule has 2 atom stereocenters. The number of halogens is 1. The van der Waals surface area contributed by atoms with E-state index in [1.165, 1.54) is 17.9 Å². The Bertz CT molecular complexity index is 794. The third-order valence-electron chi connectivity index (χ3n) is 4.30. The number of urea groups is 1. The number of rotatable bonds is 5. The minimum atomic E-state index is -0.408. The van der Waals surface area contributed by atoms with Crippen molar-refractivity contribution in [2.45, 2.75) is 32.9 Å². The summed E-state index contributed by atoms with van der Waals surface area (Å²) >= 11 is 0. The normalized spacial score (nSPS) is 12.8. The van der Waals surface area contributed by atoms with Gasteiger partial charge in [-0.05, 0) is 37.6 Å². The van der Waals surface area contributed by atoms with E-state index in [0.29, 0.717) is 11.3 Å². The molecule has 0 fully saturated rings. The number of benzene rings is 2. The molecule has 26 heavy (non-hydrogen) atoms. The number of hydrogen-bond donors (Lipinski definition) is 2. The lowest BCUT2D eigenvalue weighted by Crippen LogP contribution is -2.40. The van der Waals surface area contributed by atoms with Gasteiger partial charge in [0.25, 0.3) is 0 Å². The van der Waals surface area contributed by atoms with Crippen LogP contribution in [0.1, 0.15) is 44.0 Å². The smallest absolute Gasteiger partial charge is 0.318 e. The highest BCUT2D eigenvalue weighted by atomic mass is 19.1. The maximum atomic E-state index is 13.9. The van der Waals surface area contributed by atoms with Crippen LogP contribution in [0.15, 0.2) is 48.5 Å². The average Bonchev–Trinajstić information content (AvgIpc) is 2.60. The topological polar surface area (TPSA) is 61.4 Å². The number of nitrogens with zero attached hydrogens (tertiary/aromatic N) is 1. The van der Waals surface area contributed by atoms with Gasteiger partial charge in [-0.3, -0.25) is 4.79 Å². The second kappa shape index (κ2) is 8.47. The summed E-state index contributed by atoms with van der Waals surface area (Å²) in [6.45, 7) is 5.07. The van der Waals surface area contributed by atoms with Crippen LogP contribution in [0.5, 0.6) is 0 Å². The van der Waals surface area contributed by atoms with Crippen LogP contribution in [0.3, 0.4) is 0 Å². The van der Waals surface area contributed by atoms with Gasteiger partial charge in [-0.15, -0.1) is 0 Å². The molecule has 0 spiro atoms. The van der Waals surface area contributed by atoms with Gasteiger partial charge in [-0.1, -0.05) is 30.3 Å². The highest BCUT2D eigenvalue weighted by molar-refractivity contribution is 5.88. The first-order valence-electron chi connectivity index (χ1n) is 8.45. The first-order valence-corrected chi connectivity index (χ1v) is 8.45. The van der Waals surface area contributed by atoms with Gasteiger partial charge in [0.1, 0.15) is 5.82 Å². The molecular weight excluding hydrogens is 333 g/mol. The zero-order chi connectivity index (χ0) is 19.3. The second-order valence-electron chi connectivity index (χ2n) is 6.29. The summed E-state index contributed by atoms with van der Waals surface area (Å²) in [5.41, 5.74) is 1.99. The van der Waals surface area contributed by atoms with Gasteiger partial charge >= 0.3 is 6.03 Å². The van der Waals surface area contributed by atoms with Gasteiger partial charge in [0.05, 0.1) is 12.1 Å². The van der Waals surface area contributed by atoms with Crippen LogP contribution in [0.4, 0.5) is 14.9 Å². The van der Waals surface area contributed by atoms with Crippen molar-refractivity contribution in [3.8, 4) is 0 Å². The van der Waals surface area contributed by atoms with Crippen LogP contribution in [-0.2, 0) is 4.79 Å². The summed E-state index contributed by atoms with van der Waals surface area (Å²) in [5, 5.41) is 5.62. The fourth-order valence-electron chi connectivity index (χ4n) is 2.66. The molecule has 2 aromatic rings. The van der Waals surface area contributed by atoms with E-state index in [1.54, 1.807) is 38.2 Å². The zero-order valence-corrected chi connectivity index (χ0v) is 15.4. The zero-order valence-electron chi connectivity index (χ0n) is 15.4. The van der Waals surface area contributed by atoms with Gasteiger partial charge < -0.3 is 15.5 Å². The number of nitrogens with one attached hydrogen (secondary N) is 2. The Kier molecular flexibility index (Phi) is 6.33. The lowest BCUT2D eigenvalue weighted by atomic mass is 10.1. The standard InChI is InChI=1S/C20H24FN3O2/c1-13(16-8-7-9-17(12-16)23-15(3)25)22-20(26)24(4)14(2)18-10-5-6-11-19(18)21/h5-14H,1-4H3,(H,22,26)(H,23,25). The molecule has 2 aromatic carbocycles. The van der Waals surface area contributed by atoms with Crippen LogP contribution in [0.25, 0.3) is 0 Å². The van der Waals surface area contributed by atoms with Crippen LogP contribution < -0.4 is 10.6 Å². The quantitative estimate of drug-likeness (QED) is 0.840. The number of anilines is 1. The highest BCUT2D eigenvalue weighted by Crippen LogP contribution is 2.23. The summed E-state index contributed by atoms with van der Waals surface area (Å²) in [4.78, 5) is 25.2. The molecule has 5 nitrogen and oxygen atoms in total. The predicted molar refractivity (Wildman–Crippen MR) is 100 cm³/mol. The van der Waals surface area contributed by atoms with Crippen molar-refractivity contribution in [3.63, 3.8) is 0 Å². The Labute approximate surface area is 153 Å². The summed E-state index contributed by atoms with van der Waals surface area (Å²) in [5.74, 6) is -0.493. The number of hydrogen-bond acceptors (Lipinski definition) is 2. The van der Waals surface area contributed by atoms with E-state index in [1.807, 2.05) is 25.1 Å². The Morgan fingerprint density at radius 2 is 1.77 bits per heavy atom. The Morgan fingerprint density at radius 3 is 2.42 bits per heavy atom. The molecule has 0 radical (unpaired) electrons. The molecule has 2 rings (SSSR count). The number of amides is 3. The van der Waals surface area contributed by atoms with Crippen LogP contribution in [0, 0.1) is 5.82 Å². The second-order valence-corrected chi connectivity index (χ2v) is 6.29. The molecule has 2 N–H and O–H groups in total. The van der Waals surface area contributed by atoms with Crippen molar-refractivity contribution in [1.82, 2.24) is 10.2 Å². The monoisotopic (exact) mass is 357 g/mol. The molecule has 0 saturated carbocycles. The Morgan fingerprint density at radius 1 is 1.08 bits per heavy atom. The largest absolute Gasteiger partial charge is 0.331 e. The maximum Gasteiger partial charge on any atom is 0.318 e. The molecule has 0 aliphatic rings. The first-order chi connectivity index (χ1) is 12.3. The van der Waals surface area contributed by atoms with Gasteiger partial charge in [0.2, 0.25) is 5.91 Å². The molecule has 0 aliphatic heterocycles. The lowest BCUT2D eigenvalue weighted by molar-refractivity contribution is -0.114. The fourth-order valence-corrected chi connectivity index (χ4v) is 2.66. The van der Waals surface area contributed by atoms with E-state index in [2.05, 4.69) is 10.6 Å². The van der Waals surface area contributed by atoms with E-state index in [0.717, 1.165) is 5.56 Å². The minimum Gasteiger partial charge on any atom is -0.331 e. The molecule has 0 saturated heterocycles. The molecule has 0 bridgehead atoms. The third-order valence-corrected chi connectivity index (χ3v) is 4.30. The van der Waals surface area contributed by atoms with E-state index >= 15 is 0 Å². The van der Waals surface area contributed by atoms with Gasteiger partial charge in [0.15, 0.2) is 0 Å². The van der Waals surface area contributed by atoms with Gasteiger partial charge in [-0.25, -0.2) is 9.18 Å². The molecule has 0 heterocycles. The maximum absolute atomic E-state index is 13.9. The fraction of sp³-hybridized carbons (Fsp3) is 0.300. The van der Waals surface area contributed by atoms with E-state index in [-0.39, 0.29) is 23.8 Å². The van der Waals surface area contributed by atoms with Gasteiger partial charge in [0, 0.05) is 25.2 Å². The van der Waals surface area contributed by atoms with E-state index in [4.69, 9.17) is 0 Å². The van der Waals surface area contributed by atoms with E-state index in [9.17, 15) is 14.0 Å². The number of carbonyl (C=O) groups excluding carboxylic acids is 2. The molecule has 2 unspecified atom stereocenters. The SMILES string of the molecule is CC(=O)Nc1cccc(C(C)NC(=O)N(C)C(C)c2ccccc2F)c1. The van der Waals surface area contributed by atoms with Gasteiger partial charge in [-0.2, -0.15) is 0 Å². The van der Waals surface area contributed by atoms with Crippen molar-refractivity contribution in [2.24, 2.45) is 0 Å². The Hall–Kier alpha value is -2.89. The molecule has 138 valence electrons. The summed E-state index contributed by atoms with van der Waals surface area (Å²) in [6, 6.07) is 12.7. The molecule has 3 amide bonds. The van der Waals surface area contributed by atoms with Crippen LogP contribution >= 0.6 is 0 Å². The molecular formula is C20H24FN3O2. The summed E-state index contributed by atoms with van der Waals surface area (Å²) in [7, 11) is 1.63. The predicted octanol–water partition coefficient (Wildman–Crippen LogP) is 4.25. The van der Waals surface area contributed by atoms with Crippen molar-refractivity contribution in [1.29, 1.82) is 0 Å². The minimum absolute atomic E-state index is 0.155. The van der Waals surface area contributed by atoms with Crippen molar-refractivity contribution >= 4 is 17.6 Å². The summed E-state index contributed by atoms with van der Waals surface area (Å²) < 4.78 is 13.9. The van der Waals surface area contributed by atoms with Crippen molar-refractivity contribution in [2.75, 3.05) is 12.4 Å². The first kappa shape index (κ1) is 19.4.